The van der Waals surface area contributed by atoms with E-state index in [0.717, 1.165) is 5.92 Å². The summed E-state index contributed by atoms with van der Waals surface area (Å²) in [6.07, 6.45) is 8.12. The van der Waals surface area contributed by atoms with E-state index >= 15 is 0 Å². The molecule has 1 aromatic rings. The third-order valence-electron chi connectivity index (χ3n) is 4.81. The van der Waals surface area contributed by atoms with E-state index in [4.69, 9.17) is 0 Å². The lowest BCUT2D eigenvalue weighted by atomic mass is 10.1. The van der Waals surface area contributed by atoms with E-state index in [1.807, 2.05) is 0 Å². The summed E-state index contributed by atoms with van der Waals surface area (Å²) in [4.78, 5) is 2.51. The molecule has 0 bridgehead atoms. The summed E-state index contributed by atoms with van der Waals surface area (Å²) in [5, 5.41) is 3.74. The maximum atomic E-state index is 3.74. The van der Waals surface area contributed by atoms with Gasteiger partial charge in [0.15, 0.2) is 0 Å². The molecule has 19 heavy (non-hydrogen) atoms. The lowest BCUT2D eigenvalue weighted by Gasteiger charge is -2.20. The average Bonchev–Trinajstić information content (AvgIpc) is 3.10. The van der Waals surface area contributed by atoms with Gasteiger partial charge in [0.1, 0.15) is 0 Å². The Morgan fingerprint density at radius 2 is 2.05 bits per heavy atom. The molecular weight excluding hydrogens is 232 g/mol. The Morgan fingerprint density at radius 3 is 2.79 bits per heavy atom. The van der Waals surface area contributed by atoms with Crippen LogP contribution in [0.2, 0.25) is 0 Å². The number of anilines is 2. The van der Waals surface area contributed by atoms with Gasteiger partial charge in [0.2, 0.25) is 0 Å². The Morgan fingerprint density at radius 1 is 1.21 bits per heavy atom. The highest BCUT2D eigenvalue weighted by Crippen LogP contribution is 2.31. The molecule has 2 aliphatic rings. The number of nitrogens with zero attached hydrogens (tertiary/aromatic N) is 1. The smallest absolute Gasteiger partial charge is 0.0386 e. The maximum Gasteiger partial charge on any atom is 0.0386 e. The van der Waals surface area contributed by atoms with Gasteiger partial charge in [-0.25, -0.2) is 0 Å². The van der Waals surface area contributed by atoms with Crippen LogP contribution in [0.5, 0.6) is 0 Å². The first-order valence-electron chi connectivity index (χ1n) is 7.96. The van der Waals surface area contributed by atoms with Crippen molar-refractivity contribution in [2.75, 3.05) is 23.3 Å². The molecule has 2 nitrogen and oxygen atoms in total. The highest BCUT2D eigenvalue weighted by atomic mass is 15.1. The highest BCUT2D eigenvalue weighted by molar-refractivity contribution is 5.58. The molecule has 0 aromatic heterocycles. The van der Waals surface area contributed by atoms with Gasteiger partial charge < -0.3 is 10.2 Å². The van der Waals surface area contributed by atoms with Gasteiger partial charge in [-0.1, -0.05) is 19.4 Å². The normalized spacial score (nSPS) is 26.9. The first-order valence-corrected chi connectivity index (χ1v) is 7.96. The van der Waals surface area contributed by atoms with Crippen molar-refractivity contribution in [1.82, 2.24) is 0 Å². The van der Waals surface area contributed by atoms with Crippen LogP contribution in [0.3, 0.4) is 0 Å². The minimum Gasteiger partial charge on any atom is -0.382 e. The molecule has 1 aliphatic carbocycles. The van der Waals surface area contributed by atoms with Gasteiger partial charge in [-0.05, 0) is 56.2 Å². The first kappa shape index (κ1) is 12.8. The molecule has 1 saturated heterocycles. The standard InChI is InChI=1S/C17H26N2/c1-2-14-8-9-16(12-14)18-15-6-5-7-17(13-15)19-10-3-4-11-19/h5-7,13-14,16,18H,2-4,8-12H2,1H3. The second kappa shape index (κ2) is 5.85. The van der Waals surface area contributed by atoms with E-state index in [0.29, 0.717) is 6.04 Å². The summed E-state index contributed by atoms with van der Waals surface area (Å²) in [6.45, 7) is 4.77. The molecule has 0 spiro atoms. The molecule has 104 valence electrons. The first-order chi connectivity index (χ1) is 9.35. The quantitative estimate of drug-likeness (QED) is 0.867. The fourth-order valence-corrected chi connectivity index (χ4v) is 3.58. The van der Waals surface area contributed by atoms with Crippen LogP contribution in [0.25, 0.3) is 0 Å². The van der Waals surface area contributed by atoms with Gasteiger partial charge in [0.05, 0.1) is 0 Å². The minimum atomic E-state index is 0.693. The van der Waals surface area contributed by atoms with Gasteiger partial charge >= 0.3 is 0 Å². The predicted molar refractivity (Wildman–Crippen MR) is 82.9 cm³/mol. The second-order valence-corrected chi connectivity index (χ2v) is 6.17. The van der Waals surface area contributed by atoms with E-state index in [9.17, 15) is 0 Å². The van der Waals surface area contributed by atoms with Gasteiger partial charge in [-0.15, -0.1) is 0 Å². The second-order valence-electron chi connectivity index (χ2n) is 6.17. The lowest BCUT2D eigenvalue weighted by molar-refractivity contribution is 0.525. The van der Waals surface area contributed by atoms with Crippen LogP contribution >= 0.6 is 0 Å². The maximum absolute atomic E-state index is 3.74. The molecule has 0 radical (unpaired) electrons. The fraction of sp³-hybridized carbons (Fsp3) is 0.647. The third-order valence-corrected chi connectivity index (χ3v) is 4.81. The minimum absolute atomic E-state index is 0.693. The highest BCUT2D eigenvalue weighted by Gasteiger charge is 2.23. The van der Waals surface area contributed by atoms with Crippen molar-refractivity contribution in [3.8, 4) is 0 Å². The van der Waals surface area contributed by atoms with E-state index in [2.05, 4.69) is 41.4 Å². The van der Waals surface area contributed by atoms with Crippen molar-refractivity contribution in [1.29, 1.82) is 0 Å². The summed E-state index contributed by atoms with van der Waals surface area (Å²) in [7, 11) is 0. The Hall–Kier alpha value is -1.18. The Bertz CT molecular complexity index is 409. The molecule has 1 saturated carbocycles. The molecule has 1 aromatic carbocycles. The van der Waals surface area contributed by atoms with E-state index in [1.54, 1.807) is 0 Å². The fourth-order valence-electron chi connectivity index (χ4n) is 3.58. The zero-order valence-corrected chi connectivity index (χ0v) is 12.1. The van der Waals surface area contributed by atoms with Crippen LogP contribution in [-0.2, 0) is 0 Å². The number of rotatable bonds is 4. The van der Waals surface area contributed by atoms with Crippen LogP contribution in [0.1, 0.15) is 45.4 Å². The molecule has 0 amide bonds. The van der Waals surface area contributed by atoms with Crippen molar-refractivity contribution in [3.63, 3.8) is 0 Å². The van der Waals surface area contributed by atoms with Gasteiger partial charge in [-0.2, -0.15) is 0 Å². The predicted octanol–water partition coefficient (Wildman–Crippen LogP) is 4.28. The monoisotopic (exact) mass is 258 g/mol. The lowest BCUT2D eigenvalue weighted by Crippen LogP contribution is -2.19. The molecule has 1 heterocycles. The molecule has 1 aliphatic heterocycles. The summed E-state index contributed by atoms with van der Waals surface area (Å²) in [5.74, 6) is 0.944. The zero-order valence-electron chi connectivity index (χ0n) is 12.1. The molecule has 2 unspecified atom stereocenters. The topological polar surface area (TPSA) is 15.3 Å². The van der Waals surface area contributed by atoms with Crippen molar-refractivity contribution in [3.05, 3.63) is 24.3 Å². The Balaban J connectivity index is 1.63. The summed E-state index contributed by atoms with van der Waals surface area (Å²) < 4.78 is 0. The average molecular weight is 258 g/mol. The van der Waals surface area contributed by atoms with Crippen LogP contribution in [0.4, 0.5) is 11.4 Å². The van der Waals surface area contributed by atoms with Crippen LogP contribution in [0.15, 0.2) is 24.3 Å². The van der Waals surface area contributed by atoms with E-state index in [1.165, 1.54) is 63.0 Å². The van der Waals surface area contributed by atoms with Crippen LogP contribution < -0.4 is 10.2 Å². The molecule has 2 heteroatoms. The third kappa shape index (κ3) is 3.05. The number of hydrogen-bond acceptors (Lipinski definition) is 2. The van der Waals surface area contributed by atoms with Crippen molar-refractivity contribution < 1.29 is 0 Å². The van der Waals surface area contributed by atoms with Gasteiger partial charge in [-0.3, -0.25) is 0 Å². The number of hydrogen-bond donors (Lipinski definition) is 1. The van der Waals surface area contributed by atoms with Gasteiger partial charge in [0, 0.05) is 30.5 Å². The van der Waals surface area contributed by atoms with E-state index < -0.39 is 0 Å². The van der Waals surface area contributed by atoms with Crippen molar-refractivity contribution in [2.24, 2.45) is 5.92 Å². The molecule has 2 atom stereocenters. The Kier molecular flexibility index (Phi) is 3.95. The number of benzene rings is 1. The zero-order chi connectivity index (χ0) is 13.1. The van der Waals surface area contributed by atoms with Crippen LogP contribution in [-0.4, -0.2) is 19.1 Å². The molecular formula is C17H26N2. The summed E-state index contributed by atoms with van der Waals surface area (Å²) >= 11 is 0. The van der Waals surface area contributed by atoms with Crippen molar-refractivity contribution in [2.45, 2.75) is 51.5 Å². The number of nitrogens with one attached hydrogen (secondary N) is 1. The molecule has 2 fully saturated rings. The summed E-state index contributed by atoms with van der Waals surface area (Å²) in [5.41, 5.74) is 2.71. The van der Waals surface area contributed by atoms with Gasteiger partial charge in [0.25, 0.3) is 0 Å². The molecule has 3 rings (SSSR count). The summed E-state index contributed by atoms with van der Waals surface area (Å²) in [6, 6.07) is 9.70. The van der Waals surface area contributed by atoms with Crippen molar-refractivity contribution >= 4 is 11.4 Å². The largest absolute Gasteiger partial charge is 0.382 e. The van der Waals surface area contributed by atoms with E-state index in [-0.39, 0.29) is 0 Å². The SMILES string of the molecule is CCC1CCC(Nc2cccc(N3CCCC3)c2)C1. The Labute approximate surface area is 117 Å². The van der Waals surface area contributed by atoms with Crippen LogP contribution in [0, 0.1) is 5.92 Å². The molecule has 1 N–H and O–H groups in total.